The molecule has 0 saturated carbocycles. The first-order valence-electron chi connectivity index (χ1n) is 6.87. The molecule has 0 saturated heterocycles. The second kappa shape index (κ2) is 7.79. The molecule has 0 aliphatic carbocycles. The third-order valence-corrected chi connectivity index (χ3v) is 5.64. The highest BCUT2D eigenvalue weighted by Gasteiger charge is 2.24. The topological polar surface area (TPSA) is 76.4 Å². The molecule has 8 heteroatoms. The summed E-state index contributed by atoms with van der Waals surface area (Å²) >= 11 is 11.8. The van der Waals surface area contributed by atoms with Crippen LogP contribution in [-0.4, -0.2) is 22.6 Å². The van der Waals surface area contributed by atoms with E-state index in [1.165, 1.54) is 38.5 Å². The highest BCUT2D eigenvalue weighted by atomic mass is 35.5. The van der Waals surface area contributed by atoms with Gasteiger partial charge in [0, 0.05) is 11.1 Å². The summed E-state index contributed by atoms with van der Waals surface area (Å²) in [6, 6.07) is 10.5. The molecule has 0 unspecified atom stereocenters. The SMILES string of the molecule is COc1cc(C=C(C#N)S(=O)(=O)c2cc(Cl)ccc2Cl)cc(OC)c1. The number of hydrogen-bond donors (Lipinski definition) is 0. The van der Waals surface area contributed by atoms with E-state index >= 15 is 0 Å². The van der Waals surface area contributed by atoms with E-state index in [4.69, 9.17) is 32.7 Å². The molecular weight excluding hydrogens is 385 g/mol. The fraction of sp³-hybridized carbons (Fsp3) is 0.118. The molecule has 0 aliphatic rings. The number of allylic oxidation sites excluding steroid dienone is 1. The van der Waals surface area contributed by atoms with Crippen molar-refractivity contribution in [1.82, 2.24) is 0 Å². The van der Waals surface area contributed by atoms with Crippen LogP contribution in [0.3, 0.4) is 0 Å². The summed E-state index contributed by atoms with van der Waals surface area (Å²) in [7, 11) is -1.20. The van der Waals surface area contributed by atoms with Gasteiger partial charge in [-0.05, 0) is 42.0 Å². The Labute approximate surface area is 155 Å². The molecular formula is C17H13Cl2NO4S. The summed E-state index contributed by atoms with van der Waals surface area (Å²) in [5.74, 6) is 0.919. The molecule has 0 radical (unpaired) electrons. The molecule has 0 aliphatic heterocycles. The van der Waals surface area contributed by atoms with E-state index in [9.17, 15) is 13.7 Å². The molecule has 0 heterocycles. The van der Waals surface area contributed by atoms with Gasteiger partial charge in [0.15, 0.2) is 0 Å². The van der Waals surface area contributed by atoms with Crippen LogP contribution in [0, 0.1) is 11.3 Å². The molecule has 25 heavy (non-hydrogen) atoms. The Balaban J connectivity index is 2.61. The van der Waals surface area contributed by atoms with Crippen LogP contribution >= 0.6 is 23.2 Å². The van der Waals surface area contributed by atoms with Crippen molar-refractivity contribution in [3.63, 3.8) is 0 Å². The van der Waals surface area contributed by atoms with Crippen LogP contribution in [0.15, 0.2) is 46.2 Å². The number of hydrogen-bond acceptors (Lipinski definition) is 5. The minimum absolute atomic E-state index is 0.0197. The van der Waals surface area contributed by atoms with Crippen molar-refractivity contribution in [2.75, 3.05) is 14.2 Å². The van der Waals surface area contributed by atoms with Crippen LogP contribution in [-0.2, 0) is 9.84 Å². The van der Waals surface area contributed by atoms with Gasteiger partial charge in [0.1, 0.15) is 22.5 Å². The summed E-state index contributed by atoms with van der Waals surface area (Å²) in [5, 5.41) is 9.54. The lowest BCUT2D eigenvalue weighted by Crippen LogP contribution is -2.04. The van der Waals surface area contributed by atoms with Crippen LogP contribution in [0.5, 0.6) is 11.5 Å². The lowest BCUT2D eigenvalue weighted by atomic mass is 10.2. The Bertz CT molecular complexity index is 956. The maximum absolute atomic E-state index is 12.8. The molecule has 0 atom stereocenters. The Morgan fingerprint density at radius 3 is 2.20 bits per heavy atom. The van der Waals surface area contributed by atoms with E-state index < -0.39 is 14.7 Å². The summed E-state index contributed by atoms with van der Waals surface area (Å²) < 4.78 is 35.8. The monoisotopic (exact) mass is 397 g/mol. The molecule has 2 rings (SSSR count). The number of halogens is 2. The van der Waals surface area contributed by atoms with Gasteiger partial charge in [0.25, 0.3) is 0 Å². The molecule has 0 aromatic heterocycles. The van der Waals surface area contributed by atoms with Crippen molar-refractivity contribution in [3.8, 4) is 17.6 Å². The van der Waals surface area contributed by atoms with Crippen molar-refractivity contribution in [2.24, 2.45) is 0 Å². The molecule has 5 nitrogen and oxygen atoms in total. The highest BCUT2D eigenvalue weighted by Crippen LogP contribution is 2.31. The molecule has 130 valence electrons. The Kier molecular flexibility index (Phi) is 5.96. The third-order valence-electron chi connectivity index (χ3n) is 3.25. The average molecular weight is 398 g/mol. The molecule has 0 bridgehead atoms. The average Bonchev–Trinajstić information content (AvgIpc) is 2.60. The van der Waals surface area contributed by atoms with Gasteiger partial charge in [-0.1, -0.05) is 23.2 Å². The second-order valence-electron chi connectivity index (χ2n) is 4.84. The molecule has 0 amide bonds. The maximum atomic E-state index is 12.8. The van der Waals surface area contributed by atoms with Crippen LogP contribution in [0.25, 0.3) is 6.08 Å². The van der Waals surface area contributed by atoms with E-state index in [0.717, 1.165) is 0 Å². The number of nitriles is 1. The highest BCUT2D eigenvalue weighted by molar-refractivity contribution is 7.95. The van der Waals surface area contributed by atoms with Gasteiger partial charge in [0.2, 0.25) is 9.84 Å². The van der Waals surface area contributed by atoms with Crippen molar-refractivity contribution in [3.05, 3.63) is 56.9 Å². The van der Waals surface area contributed by atoms with Gasteiger partial charge in [-0.25, -0.2) is 8.42 Å². The maximum Gasteiger partial charge on any atom is 0.218 e. The Morgan fingerprint density at radius 1 is 1.08 bits per heavy atom. The molecule has 2 aromatic rings. The minimum Gasteiger partial charge on any atom is -0.497 e. The normalized spacial score (nSPS) is 11.7. The van der Waals surface area contributed by atoms with E-state index in [0.29, 0.717) is 17.1 Å². The number of benzene rings is 2. The van der Waals surface area contributed by atoms with E-state index in [2.05, 4.69) is 0 Å². The Morgan fingerprint density at radius 2 is 1.68 bits per heavy atom. The predicted octanol–water partition coefficient (Wildman–Crippen LogP) is 4.35. The van der Waals surface area contributed by atoms with Gasteiger partial charge < -0.3 is 9.47 Å². The van der Waals surface area contributed by atoms with Crippen molar-refractivity contribution >= 4 is 39.1 Å². The summed E-state index contributed by atoms with van der Waals surface area (Å²) in [5.41, 5.74) is 0.425. The van der Waals surface area contributed by atoms with Crippen molar-refractivity contribution in [1.29, 1.82) is 5.26 Å². The summed E-state index contributed by atoms with van der Waals surface area (Å²) in [6.45, 7) is 0. The zero-order chi connectivity index (χ0) is 18.6. The number of rotatable bonds is 5. The van der Waals surface area contributed by atoms with Crippen LogP contribution < -0.4 is 9.47 Å². The van der Waals surface area contributed by atoms with Gasteiger partial charge in [0.05, 0.1) is 24.1 Å². The van der Waals surface area contributed by atoms with E-state index in [-0.39, 0.29) is 14.9 Å². The van der Waals surface area contributed by atoms with Crippen LogP contribution in [0.4, 0.5) is 0 Å². The number of methoxy groups -OCH3 is 2. The molecule has 0 N–H and O–H groups in total. The van der Waals surface area contributed by atoms with Crippen LogP contribution in [0.1, 0.15) is 5.56 Å². The minimum atomic E-state index is -4.14. The van der Waals surface area contributed by atoms with Crippen molar-refractivity contribution in [2.45, 2.75) is 4.90 Å². The quantitative estimate of drug-likeness (QED) is 0.700. The van der Waals surface area contributed by atoms with E-state index in [1.807, 2.05) is 0 Å². The first kappa shape index (κ1) is 19.1. The zero-order valence-corrected chi connectivity index (χ0v) is 15.6. The lowest BCUT2D eigenvalue weighted by Gasteiger charge is -2.08. The van der Waals surface area contributed by atoms with Gasteiger partial charge in [-0.15, -0.1) is 0 Å². The molecule has 0 fully saturated rings. The van der Waals surface area contributed by atoms with Gasteiger partial charge in [-0.3, -0.25) is 0 Å². The Hall–Kier alpha value is -2.20. The smallest absolute Gasteiger partial charge is 0.218 e. The fourth-order valence-corrected chi connectivity index (χ4v) is 3.95. The fourth-order valence-electron chi connectivity index (χ4n) is 2.04. The first-order valence-corrected chi connectivity index (χ1v) is 9.10. The molecule has 2 aromatic carbocycles. The standard InChI is InChI=1S/C17H13Cl2NO4S/c1-23-13-5-11(6-14(9-13)24-2)7-15(10-20)25(21,22)17-8-12(18)3-4-16(17)19/h3-9H,1-2H3. The van der Waals surface area contributed by atoms with Gasteiger partial charge in [-0.2, -0.15) is 5.26 Å². The van der Waals surface area contributed by atoms with Crippen molar-refractivity contribution < 1.29 is 17.9 Å². The van der Waals surface area contributed by atoms with Gasteiger partial charge >= 0.3 is 0 Å². The second-order valence-corrected chi connectivity index (χ2v) is 7.57. The predicted molar refractivity (Wildman–Crippen MR) is 96.8 cm³/mol. The number of nitrogens with zero attached hydrogens (tertiary/aromatic N) is 1. The number of sulfone groups is 1. The van der Waals surface area contributed by atoms with E-state index in [1.54, 1.807) is 24.3 Å². The largest absolute Gasteiger partial charge is 0.497 e. The lowest BCUT2D eigenvalue weighted by molar-refractivity contribution is 0.394. The first-order chi connectivity index (χ1) is 11.8. The zero-order valence-electron chi connectivity index (χ0n) is 13.3. The van der Waals surface area contributed by atoms with Crippen LogP contribution in [0.2, 0.25) is 10.0 Å². The number of ether oxygens (including phenoxy) is 2. The summed E-state index contributed by atoms with van der Waals surface area (Å²) in [4.78, 5) is -0.712. The molecule has 0 spiro atoms. The third kappa shape index (κ3) is 4.26. The summed E-state index contributed by atoms with van der Waals surface area (Å²) in [6.07, 6.45) is 1.22.